The molecule has 0 bridgehead atoms. The summed E-state index contributed by atoms with van der Waals surface area (Å²) >= 11 is 3.57. The molecule has 20 heavy (non-hydrogen) atoms. The molecule has 0 amide bonds. The molecule has 3 nitrogen and oxygen atoms in total. The first-order valence-electron chi connectivity index (χ1n) is 7.36. The first kappa shape index (κ1) is 15.8. The van der Waals surface area contributed by atoms with Crippen LogP contribution in [0.1, 0.15) is 39.2 Å². The summed E-state index contributed by atoms with van der Waals surface area (Å²) in [4.78, 5) is 2.39. The van der Waals surface area contributed by atoms with Crippen LogP contribution in [0, 0.1) is 0 Å². The zero-order valence-electron chi connectivity index (χ0n) is 12.6. The molecule has 0 aliphatic carbocycles. The van der Waals surface area contributed by atoms with Crippen LogP contribution in [-0.4, -0.2) is 29.8 Å². The molecule has 0 unspecified atom stereocenters. The van der Waals surface area contributed by atoms with E-state index in [9.17, 15) is 5.11 Å². The smallest absolute Gasteiger partial charge is 0.0653 e. The zero-order chi connectivity index (χ0) is 14.8. The van der Waals surface area contributed by atoms with Gasteiger partial charge in [-0.2, -0.15) is 0 Å². The van der Waals surface area contributed by atoms with Gasteiger partial charge in [0.2, 0.25) is 0 Å². The molecule has 0 atom stereocenters. The monoisotopic (exact) mass is 340 g/mol. The molecular formula is C16H25BrN2O. The lowest BCUT2D eigenvalue weighted by Crippen LogP contribution is -2.43. The molecule has 1 saturated heterocycles. The van der Waals surface area contributed by atoms with Crippen molar-refractivity contribution in [3.05, 3.63) is 28.2 Å². The van der Waals surface area contributed by atoms with Gasteiger partial charge in [-0.3, -0.25) is 0 Å². The van der Waals surface area contributed by atoms with Crippen molar-refractivity contribution < 1.29 is 5.11 Å². The highest BCUT2D eigenvalue weighted by Crippen LogP contribution is 2.30. The van der Waals surface area contributed by atoms with Crippen LogP contribution < -0.4 is 10.2 Å². The van der Waals surface area contributed by atoms with Crippen LogP contribution in [0.15, 0.2) is 22.7 Å². The van der Waals surface area contributed by atoms with Gasteiger partial charge in [-0.1, -0.05) is 35.8 Å². The Labute approximate surface area is 130 Å². The third kappa shape index (κ3) is 4.21. The predicted octanol–water partition coefficient (Wildman–Crippen LogP) is 3.30. The first-order valence-corrected chi connectivity index (χ1v) is 8.16. The molecule has 1 aromatic rings. The average Bonchev–Trinajstić information content (AvgIpc) is 2.37. The fourth-order valence-corrected chi connectivity index (χ4v) is 2.87. The zero-order valence-corrected chi connectivity index (χ0v) is 14.2. The van der Waals surface area contributed by atoms with Crippen molar-refractivity contribution in [2.24, 2.45) is 0 Å². The molecule has 0 saturated carbocycles. The minimum absolute atomic E-state index is 0.480. The van der Waals surface area contributed by atoms with Crippen LogP contribution in [-0.2, 0) is 6.54 Å². The molecule has 1 aliphatic rings. The fraction of sp³-hybridized carbons (Fsp3) is 0.625. The average molecular weight is 341 g/mol. The fourth-order valence-electron chi connectivity index (χ4n) is 2.52. The second-order valence-corrected chi connectivity index (χ2v) is 7.21. The number of aliphatic hydroxyl groups is 1. The summed E-state index contributed by atoms with van der Waals surface area (Å²) in [5.41, 5.74) is 2.10. The first-order chi connectivity index (χ1) is 9.37. The van der Waals surface area contributed by atoms with E-state index in [1.54, 1.807) is 0 Å². The summed E-state index contributed by atoms with van der Waals surface area (Å²) in [5, 5.41) is 13.6. The second-order valence-electron chi connectivity index (χ2n) is 6.29. The van der Waals surface area contributed by atoms with E-state index in [-0.39, 0.29) is 0 Å². The van der Waals surface area contributed by atoms with Crippen molar-refractivity contribution >= 4 is 21.6 Å². The third-order valence-electron chi connectivity index (χ3n) is 3.93. The summed E-state index contributed by atoms with van der Waals surface area (Å²) in [7, 11) is 0. The number of halogens is 1. The Morgan fingerprint density at radius 2 is 2.00 bits per heavy atom. The van der Waals surface area contributed by atoms with Gasteiger partial charge >= 0.3 is 0 Å². The van der Waals surface area contributed by atoms with Crippen molar-refractivity contribution in [2.45, 2.75) is 51.8 Å². The molecule has 1 aromatic carbocycles. The Kier molecular flexibility index (Phi) is 5.10. The van der Waals surface area contributed by atoms with Crippen LogP contribution in [0.4, 0.5) is 5.69 Å². The number of anilines is 1. The lowest BCUT2D eigenvalue weighted by atomic mass is 9.93. The third-order valence-corrected chi connectivity index (χ3v) is 4.42. The van der Waals surface area contributed by atoms with Gasteiger partial charge in [-0.05, 0) is 37.5 Å². The van der Waals surface area contributed by atoms with Gasteiger partial charge in [0.15, 0.2) is 0 Å². The summed E-state index contributed by atoms with van der Waals surface area (Å²) in [5.74, 6) is 0. The van der Waals surface area contributed by atoms with Crippen LogP contribution in [0.5, 0.6) is 0 Å². The topological polar surface area (TPSA) is 35.5 Å². The van der Waals surface area contributed by atoms with E-state index in [1.165, 1.54) is 11.3 Å². The molecule has 2 rings (SSSR count). The van der Waals surface area contributed by atoms with Crippen molar-refractivity contribution in [3.63, 3.8) is 0 Å². The van der Waals surface area contributed by atoms with E-state index in [2.05, 4.69) is 58.2 Å². The van der Waals surface area contributed by atoms with Gasteiger partial charge in [0.05, 0.1) is 5.60 Å². The van der Waals surface area contributed by atoms with Crippen LogP contribution in [0.3, 0.4) is 0 Å². The number of nitrogens with zero attached hydrogens (tertiary/aromatic N) is 1. The predicted molar refractivity (Wildman–Crippen MR) is 88.2 cm³/mol. The van der Waals surface area contributed by atoms with Gasteiger partial charge in [0, 0.05) is 35.8 Å². The van der Waals surface area contributed by atoms with E-state index in [0.717, 1.165) is 36.9 Å². The highest BCUT2D eigenvalue weighted by molar-refractivity contribution is 9.10. The van der Waals surface area contributed by atoms with Crippen molar-refractivity contribution in [1.29, 1.82) is 0 Å². The summed E-state index contributed by atoms with van der Waals surface area (Å²) in [6.45, 7) is 8.98. The summed E-state index contributed by atoms with van der Waals surface area (Å²) in [6, 6.07) is 6.95. The van der Waals surface area contributed by atoms with Gasteiger partial charge in [-0.25, -0.2) is 0 Å². The molecule has 1 heterocycles. The standard InChI is InChI=1S/C16H25BrN2O/c1-12(2)18-11-13-4-5-14(17)10-15(13)19-8-6-16(3,20)7-9-19/h4-5,10,12,18,20H,6-9,11H2,1-3H3. The Morgan fingerprint density at radius 3 is 2.60 bits per heavy atom. The molecule has 4 heteroatoms. The highest BCUT2D eigenvalue weighted by Gasteiger charge is 2.28. The second kappa shape index (κ2) is 6.46. The van der Waals surface area contributed by atoms with Gasteiger partial charge < -0.3 is 15.3 Å². The minimum Gasteiger partial charge on any atom is -0.390 e. The number of rotatable bonds is 4. The van der Waals surface area contributed by atoms with Crippen LogP contribution in [0.25, 0.3) is 0 Å². The van der Waals surface area contributed by atoms with E-state index in [1.807, 2.05) is 6.92 Å². The number of hydrogen-bond donors (Lipinski definition) is 2. The molecule has 1 aliphatic heterocycles. The molecule has 0 radical (unpaired) electrons. The number of nitrogens with one attached hydrogen (secondary N) is 1. The molecule has 1 fully saturated rings. The molecular weight excluding hydrogens is 316 g/mol. The van der Waals surface area contributed by atoms with Crippen molar-refractivity contribution in [1.82, 2.24) is 5.32 Å². The maximum absolute atomic E-state index is 10.1. The number of hydrogen-bond acceptors (Lipinski definition) is 3. The molecule has 112 valence electrons. The number of piperidine rings is 1. The van der Waals surface area contributed by atoms with Crippen LogP contribution in [0.2, 0.25) is 0 Å². The Bertz CT molecular complexity index is 450. The van der Waals surface area contributed by atoms with Crippen LogP contribution >= 0.6 is 15.9 Å². The summed E-state index contributed by atoms with van der Waals surface area (Å²) in [6.07, 6.45) is 1.66. The highest BCUT2D eigenvalue weighted by atomic mass is 79.9. The lowest BCUT2D eigenvalue weighted by Gasteiger charge is -2.38. The van der Waals surface area contributed by atoms with E-state index >= 15 is 0 Å². The van der Waals surface area contributed by atoms with E-state index in [0.29, 0.717) is 6.04 Å². The van der Waals surface area contributed by atoms with Gasteiger partial charge in [-0.15, -0.1) is 0 Å². The molecule has 2 N–H and O–H groups in total. The SMILES string of the molecule is CC(C)NCc1ccc(Br)cc1N1CCC(C)(O)CC1. The Morgan fingerprint density at radius 1 is 1.35 bits per heavy atom. The Hall–Kier alpha value is -0.580. The normalized spacial score (nSPS) is 18.6. The van der Waals surface area contributed by atoms with E-state index in [4.69, 9.17) is 0 Å². The van der Waals surface area contributed by atoms with Gasteiger partial charge in [0.1, 0.15) is 0 Å². The maximum atomic E-state index is 10.1. The van der Waals surface area contributed by atoms with Crippen molar-refractivity contribution in [3.8, 4) is 0 Å². The minimum atomic E-state index is -0.501. The lowest BCUT2D eigenvalue weighted by molar-refractivity contribution is 0.0351. The van der Waals surface area contributed by atoms with Crippen molar-refractivity contribution in [2.75, 3.05) is 18.0 Å². The maximum Gasteiger partial charge on any atom is 0.0653 e. The van der Waals surface area contributed by atoms with Gasteiger partial charge in [0.25, 0.3) is 0 Å². The van der Waals surface area contributed by atoms with E-state index < -0.39 is 5.60 Å². The quantitative estimate of drug-likeness (QED) is 0.882. The number of benzene rings is 1. The molecule has 0 spiro atoms. The Balaban J connectivity index is 2.15. The summed E-state index contributed by atoms with van der Waals surface area (Å²) < 4.78 is 1.11. The largest absolute Gasteiger partial charge is 0.390 e. The molecule has 0 aromatic heterocycles.